The Kier molecular flexibility index (Phi) is 4.07. The SMILES string of the molecule is CCNc1cc(C(=O)Nc2nnc(C)o2)c([N+](=O)[O-])cn1. The molecule has 0 unspecified atom stereocenters. The van der Waals surface area contributed by atoms with E-state index in [1.54, 1.807) is 6.92 Å². The zero-order valence-corrected chi connectivity index (χ0v) is 11.3. The maximum atomic E-state index is 12.1. The zero-order valence-electron chi connectivity index (χ0n) is 11.3. The van der Waals surface area contributed by atoms with E-state index in [1.165, 1.54) is 6.07 Å². The number of pyridine rings is 1. The zero-order chi connectivity index (χ0) is 15.4. The van der Waals surface area contributed by atoms with Crippen LogP contribution in [-0.4, -0.2) is 32.6 Å². The number of nitro groups is 1. The lowest BCUT2D eigenvalue weighted by Gasteiger charge is -2.05. The number of anilines is 2. The molecular formula is C11H12N6O4. The Labute approximate surface area is 118 Å². The fraction of sp³-hybridized carbons (Fsp3) is 0.273. The molecule has 0 aliphatic carbocycles. The van der Waals surface area contributed by atoms with Gasteiger partial charge in [0.25, 0.3) is 11.6 Å². The van der Waals surface area contributed by atoms with Gasteiger partial charge in [-0.1, -0.05) is 5.10 Å². The molecule has 0 saturated heterocycles. The summed E-state index contributed by atoms with van der Waals surface area (Å²) in [5, 5.41) is 23.3. The number of nitrogens with one attached hydrogen (secondary N) is 2. The van der Waals surface area contributed by atoms with Crippen molar-refractivity contribution in [2.75, 3.05) is 17.2 Å². The Morgan fingerprint density at radius 3 is 2.81 bits per heavy atom. The number of aryl methyl sites for hydroxylation is 1. The van der Waals surface area contributed by atoms with Crippen LogP contribution in [0.5, 0.6) is 0 Å². The van der Waals surface area contributed by atoms with Crippen molar-refractivity contribution in [2.45, 2.75) is 13.8 Å². The van der Waals surface area contributed by atoms with Gasteiger partial charge in [-0.15, -0.1) is 5.10 Å². The van der Waals surface area contributed by atoms with Gasteiger partial charge in [-0.25, -0.2) is 4.98 Å². The molecular weight excluding hydrogens is 280 g/mol. The topological polar surface area (TPSA) is 136 Å². The molecule has 2 rings (SSSR count). The van der Waals surface area contributed by atoms with E-state index >= 15 is 0 Å². The maximum absolute atomic E-state index is 12.1. The van der Waals surface area contributed by atoms with E-state index in [9.17, 15) is 14.9 Å². The highest BCUT2D eigenvalue weighted by molar-refractivity contribution is 6.06. The third-order valence-electron chi connectivity index (χ3n) is 2.43. The molecule has 10 heteroatoms. The van der Waals surface area contributed by atoms with E-state index in [-0.39, 0.29) is 17.5 Å². The summed E-state index contributed by atoms with van der Waals surface area (Å²) in [6.45, 7) is 3.96. The molecule has 2 heterocycles. The average molecular weight is 292 g/mol. The predicted octanol–water partition coefficient (Wildman–Crippen LogP) is 1.37. The van der Waals surface area contributed by atoms with Crippen LogP contribution in [-0.2, 0) is 0 Å². The van der Waals surface area contributed by atoms with E-state index in [0.29, 0.717) is 12.4 Å². The lowest BCUT2D eigenvalue weighted by Crippen LogP contribution is -2.15. The van der Waals surface area contributed by atoms with Gasteiger partial charge in [0, 0.05) is 19.5 Å². The molecule has 110 valence electrons. The Morgan fingerprint density at radius 2 is 2.24 bits per heavy atom. The van der Waals surface area contributed by atoms with Crippen molar-refractivity contribution >= 4 is 23.4 Å². The molecule has 0 atom stereocenters. The second kappa shape index (κ2) is 5.94. The summed E-state index contributed by atoms with van der Waals surface area (Å²) >= 11 is 0. The van der Waals surface area contributed by atoms with Crippen molar-refractivity contribution in [2.24, 2.45) is 0 Å². The van der Waals surface area contributed by atoms with E-state index in [0.717, 1.165) is 6.20 Å². The summed E-state index contributed by atoms with van der Waals surface area (Å²) in [6, 6.07) is 1.16. The minimum atomic E-state index is -0.730. The van der Waals surface area contributed by atoms with Gasteiger partial charge in [-0.05, 0) is 6.92 Å². The quantitative estimate of drug-likeness (QED) is 0.622. The summed E-state index contributed by atoms with van der Waals surface area (Å²) in [5.41, 5.74) is -0.563. The van der Waals surface area contributed by atoms with Gasteiger partial charge in [0.1, 0.15) is 17.6 Å². The highest BCUT2D eigenvalue weighted by Crippen LogP contribution is 2.21. The van der Waals surface area contributed by atoms with Gasteiger partial charge in [0.05, 0.1) is 4.92 Å². The lowest BCUT2D eigenvalue weighted by atomic mass is 10.2. The van der Waals surface area contributed by atoms with Crippen molar-refractivity contribution in [1.82, 2.24) is 15.2 Å². The van der Waals surface area contributed by atoms with Crippen LogP contribution in [0.25, 0.3) is 0 Å². The predicted molar refractivity (Wildman–Crippen MR) is 72.0 cm³/mol. The molecule has 0 saturated carbocycles. The minimum Gasteiger partial charge on any atom is -0.408 e. The second-order valence-electron chi connectivity index (χ2n) is 3.95. The number of amides is 1. The molecule has 0 fully saturated rings. The first kappa shape index (κ1) is 14.4. The molecule has 0 bridgehead atoms. The molecule has 0 aromatic carbocycles. The molecule has 2 N–H and O–H groups in total. The van der Waals surface area contributed by atoms with Crippen molar-refractivity contribution < 1.29 is 14.1 Å². The molecule has 0 aliphatic heterocycles. The number of nitrogens with zero attached hydrogens (tertiary/aromatic N) is 4. The standard InChI is InChI=1S/C11H12N6O4/c1-3-12-9-4-7(8(5-13-9)17(19)20)10(18)14-11-16-15-6(2)21-11/h4-5H,3H2,1-2H3,(H,12,13)(H,14,16,18). The summed E-state index contributed by atoms with van der Waals surface area (Å²) in [7, 11) is 0. The largest absolute Gasteiger partial charge is 0.408 e. The van der Waals surface area contributed by atoms with Crippen molar-refractivity contribution in [3.63, 3.8) is 0 Å². The third-order valence-corrected chi connectivity index (χ3v) is 2.43. The van der Waals surface area contributed by atoms with E-state index in [1.807, 2.05) is 6.92 Å². The summed E-state index contributed by atoms with van der Waals surface area (Å²) in [6.07, 6.45) is 1.02. The average Bonchev–Trinajstić information content (AvgIpc) is 2.84. The minimum absolute atomic E-state index is 0.131. The lowest BCUT2D eigenvalue weighted by molar-refractivity contribution is -0.385. The van der Waals surface area contributed by atoms with Crippen LogP contribution in [0.2, 0.25) is 0 Å². The molecule has 1 amide bonds. The van der Waals surface area contributed by atoms with Gasteiger partial charge in [0.15, 0.2) is 0 Å². The second-order valence-corrected chi connectivity index (χ2v) is 3.95. The van der Waals surface area contributed by atoms with Crippen molar-refractivity contribution in [3.8, 4) is 0 Å². The number of hydrogen-bond acceptors (Lipinski definition) is 8. The van der Waals surface area contributed by atoms with E-state index in [2.05, 4.69) is 25.8 Å². The summed E-state index contributed by atoms with van der Waals surface area (Å²) < 4.78 is 5.00. The van der Waals surface area contributed by atoms with Crippen LogP contribution in [0.4, 0.5) is 17.5 Å². The Balaban J connectivity index is 2.32. The van der Waals surface area contributed by atoms with Crippen LogP contribution in [0.1, 0.15) is 23.2 Å². The summed E-state index contributed by atoms with van der Waals surface area (Å²) in [5.74, 6) is -0.107. The van der Waals surface area contributed by atoms with Gasteiger partial charge in [-0.2, -0.15) is 0 Å². The molecule has 21 heavy (non-hydrogen) atoms. The number of rotatable bonds is 5. The van der Waals surface area contributed by atoms with Crippen LogP contribution < -0.4 is 10.6 Å². The summed E-state index contributed by atoms with van der Waals surface area (Å²) in [4.78, 5) is 26.2. The Morgan fingerprint density at radius 1 is 1.48 bits per heavy atom. The smallest absolute Gasteiger partial charge is 0.322 e. The molecule has 2 aromatic rings. The number of carbonyl (C=O) groups excluding carboxylic acids is 1. The third kappa shape index (κ3) is 3.29. The monoisotopic (exact) mass is 292 g/mol. The van der Waals surface area contributed by atoms with Gasteiger partial charge in [-0.3, -0.25) is 20.2 Å². The first-order valence-electron chi connectivity index (χ1n) is 6.01. The highest BCUT2D eigenvalue weighted by Gasteiger charge is 2.23. The van der Waals surface area contributed by atoms with Crippen LogP contribution in [0.3, 0.4) is 0 Å². The Hall–Kier alpha value is -3.04. The number of carbonyl (C=O) groups is 1. The van der Waals surface area contributed by atoms with Crippen LogP contribution in [0, 0.1) is 17.0 Å². The number of hydrogen-bond donors (Lipinski definition) is 2. The molecule has 2 aromatic heterocycles. The molecule has 0 radical (unpaired) electrons. The highest BCUT2D eigenvalue weighted by atomic mass is 16.6. The first-order valence-corrected chi connectivity index (χ1v) is 6.01. The Bertz CT molecular complexity index is 683. The fourth-order valence-corrected chi connectivity index (χ4v) is 1.56. The normalized spacial score (nSPS) is 10.2. The van der Waals surface area contributed by atoms with Gasteiger partial charge < -0.3 is 9.73 Å². The van der Waals surface area contributed by atoms with Crippen molar-refractivity contribution in [1.29, 1.82) is 0 Å². The van der Waals surface area contributed by atoms with Gasteiger partial charge >= 0.3 is 6.01 Å². The van der Waals surface area contributed by atoms with Crippen molar-refractivity contribution in [3.05, 3.63) is 33.8 Å². The van der Waals surface area contributed by atoms with E-state index < -0.39 is 16.5 Å². The maximum Gasteiger partial charge on any atom is 0.322 e. The fourth-order valence-electron chi connectivity index (χ4n) is 1.56. The molecule has 0 spiro atoms. The first-order chi connectivity index (χ1) is 10.0. The van der Waals surface area contributed by atoms with Crippen LogP contribution >= 0.6 is 0 Å². The molecule has 10 nitrogen and oxygen atoms in total. The van der Waals surface area contributed by atoms with Gasteiger partial charge in [0.2, 0.25) is 5.89 Å². The number of aromatic nitrogens is 3. The molecule has 0 aliphatic rings. The van der Waals surface area contributed by atoms with Crippen LogP contribution in [0.15, 0.2) is 16.7 Å². The van der Waals surface area contributed by atoms with E-state index in [4.69, 9.17) is 4.42 Å².